The van der Waals surface area contributed by atoms with Gasteiger partial charge in [-0.2, -0.15) is 0 Å². The van der Waals surface area contributed by atoms with Gasteiger partial charge >= 0.3 is 0 Å². The smallest absolute Gasteiger partial charge is 0.0646 e. The second kappa shape index (κ2) is 4.62. The maximum atomic E-state index is 2.41. The Hall–Kier alpha value is -1.08. The van der Waals surface area contributed by atoms with Crippen molar-refractivity contribution in [2.24, 2.45) is 0 Å². The van der Waals surface area contributed by atoms with E-state index in [0.717, 1.165) is 6.42 Å². The van der Waals surface area contributed by atoms with Crippen LogP contribution in [0.1, 0.15) is 12.0 Å². The van der Waals surface area contributed by atoms with Crippen LogP contribution in [0.3, 0.4) is 0 Å². The zero-order valence-electron chi connectivity index (χ0n) is 9.53. The van der Waals surface area contributed by atoms with E-state index in [1.54, 1.807) is 10.8 Å². The van der Waals surface area contributed by atoms with Crippen LogP contribution >= 0.6 is 0 Å². The normalized spacial score (nSPS) is 15.4. The summed E-state index contributed by atoms with van der Waals surface area (Å²) in [5.41, 5.74) is 3.10. The molecule has 0 aliphatic heterocycles. The van der Waals surface area contributed by atoms with Gasteiger partial charge in [0.15, 0.2) is 0 Å². The van der Waals surface area contributed by atoms with E-state index < -0.39 is 8.80 Å². The van der Waals surface area contributed by atoms with Crippen LogP contribution in [0.4, 0.5) is 0 Å². The Kier molecular flexibility index (Phi) is 3.22. The molecule has 1 heteroatoms. The van der Waals surface area contributed by atoms with Crippen molar-refractivity contribution in [3.8, 4) is 0 Å². The van der Waals surface area contributed by atoms with Crippen molar-refractivity contribution in [2.75, 3.05) is 0 Å². The first-order valence-electron chi connectivity index (χ1n) is 5.69. The molecule has 0 bridgehead atoms. The predicted octanol–water partition coefficient (Wildman–Crippen LogP) is 3.51. The van der Waals surface area contributed by atoms with Crippen LogP contribution < -0.4 is 0 Å². The molecule has 0 heterocycles. The minimum atomic E-state index is -0.629. The Balaban J connectivity index is 2.16. The van der Waals surface area contributed by atoms with Crippen molar-refractivity contribution in [2.45, 2.75) is 25.9 Å². The standard InChI is InChI=1S/C14H18Si/c1-15(2)14-10-6-9-13(14)11-12-7-4-3-5-8-12/h3-8,10,15H,9,11H2,1-2H3. The highest BCUT2D eigenvalue weighted by Gasteiger charge is 2.12. The van der Waals surface area contributed by atoms with Crippen molar-refractivity contribution in [1.82, 2.24) is 0 Å². The van der Waals surface area contributed by atoms with Crippen molar-refractivity contribution < 1.29 is 0 Å². The first-order chi connectivity index (χ1) is 7.27. The molecular formula is C14H18Si. The van der Waals surface area contributed by atoms with Crippen molar-refractivity contribution in [1.29, 1.82) is 0 Å². The van der Waals surface area contributed by atoms with E-state index in [-0.39, 0.29) is 0 Å². The Bertz CT molecular complexity index is 385. The molecule has 0 amide bonds. The van der Waals surface area contributed by atoms with Gasteiger partial charge in [-0.15, -0.1) is 0 Å². The predicted molar refractivity (Wildman–Crippen MR) is 69.8 cm³/mol. The van der Waals surface area contributed by atoms with E-state index in [4.69, 9.17) is 0 Å². The van der Waals surface area contributed by atoms with Crippen LogP contribution in [-0.2, 0) is 6.42 Å². The number of allylic oxidation sites excluding steroid dienone is 4. The third-order valence-electron chi connectivity index (χ3n) is 2.95. The van der Waals surface area contributed by atoms with Crippen molar-refractivity contribution in [3.63, 3.8) is 0 Å². The van der Waals surface area contributed by atoms with E-state index in [1.807, 2.05) is 0 Å². The van der Waals surface area contributed by atoms with Crippen LogP contribution in [0.5, 0.6) is 0 Å². The molecule has 78 valence electrons. The van der Waals surface area contributed by atoms with E-state index in [9.17, 15) is 0 Å². The lowest BCUT2D eigenvalue weighted by Crippen LogP contribution is -2.06. The summed E-state index contributed by atoms with van der Waals surface area (Å²) in [6.45, 7) is 4.83. The SMILES string of the molecule is C[SiH](C)C1=C(Cc2ccccc2)CC=C1. The lowest BCUT2D eigenvalue weighted by Gasteiger charge is -2.09. The zero-order valence-corrected chi connectivity index (χ0v) is 10.7. The molecule has 0 radical (unpaired) electrons. The molecule has 0 aromatic heterocycles. The van der Waals surface area contributed by atoms with Gasteiger partial charge in [-0.05, 0) is 18.4 Å². The molecule has 0 saturated heterocycles. The minimum Gasteiger partial charge on any atom is -0.0806 e. The molecular weight excluding hydrogens is 196 g/mol. The highest BCUT2D eigenvalue weighted by molar-refractivity contribution is 6.65. The van der Waals surface area contributed by atoms with Crippen LogP contribution in [0.15, 0.2) is 53.3 Å². The molecule has 0 saturated carbocycles. The van der Waals surface area contributed by atoms with E-state index in [2.05, 4.69) is 55.6 Å². The summed E-state index contributed by atoms with van der Waals surface area (Å²) in [5.74, 6) is 0. The molecule has 2 rings (SSSR count). The summed E-state index contributed by atoms with van der Waals surface area (Å²) >= 11 is 0. The zero-order chi connectivity index (χ0) is 10.7. The van der Waals surface area contributed by atoms with Gasteiger partial charge in [-0.3, -0.25) is 0 Å². The summed E-state index contributed by atoms with van der Waals surface area (Å²) in [7, 11) is -0.629. The Labute approximate surface area is 93.9 Å². The van der Waals surface area contributed by atoms with E-state index in [0.29, 0.717) is 0 Å². The number of benzene rings is 1. The summed E-state index contributed by atoms with van der Waals surface area (Å²) in [6.07, 6.45) is 7.00. The molecule has 0 nitrogen and oxygen atoms in total. The van der Waals surface area contributed by atoms with Gasteiger partial charge in [0.25, 0.3) is 0 Å². The fourth-order valence-electron chi connectivity index (χ4n) is 2.18. The van der Waals surface area contributed by atoms with Gasteiger partial charge in [0, 0.05) is 0 Å². The van der Waals surface area contributed by atoms with E-state index >= 15 is 0 Å². The average Bonchev–Trinajstić information content (AvgIpc) is 2.67. The maximum Gasteiger partial charge on any atom is 0.0646 e. The fraction of sp³-hybridized carbons (Fsp3) is 0.286. The van der Waals surface area contributed by atoms with Gasteiger partial charge in [0.2, 0.25) is 0 Å². The number of hydrogen-bond acceptors (Lipinski definition) is 0. The Morgan fingerprint density at radius 3 is 2.53 bits per heavy atom. The summed E-state index contributed by atoms with van der Waals surface area (Å²) in [4.78, 5) is 0. The van der Waals surface area contributed by atoms with Crippen LogP contribution in [0, 0.1) is 0 Å². The number of rotatable bonds is 3. The molecule has 0 atom stereocenters. The van der Waals surface area contributed by atoms with Gasteiger partial charge in [-0.25, -0.2) is 0 Å². The second-order valence-corrected chi connectivity index (χ2v) is 7.41. The quantitative estimate of drug-likeness (QED) is 0.675. The highest BCUT2D eigenvalue weighted by Crippen LogP contribution is 2.24. The molecule has 15 heavy (non-hydrogen) atoms. The molecule has 0 fully saturated rings. The summed E-state index contributed by atoms with van der Waals surface area (Å²) in [6, 6.07) is 10.8. The van der Waals surface area contributed by atoms with Gasteiger partial charge in [0.1, 0.15) is 0 Å². The second-order valence-electron chi connectivity index (χ2n) is 4.48. The first kappa shape index (κ1) is 10.4. The molecule has 1 aromatic rings. The maximum absolute atomic E-state index is 2.41. The molecule has 1 aliphatic carbocycles. The Morgan fingerprint density at radius 2 is 1.87 bits per heavy atom. The van der Waals surface area contributed by atoms with Crippen LogP contribution in [0.2, 0.25) is 13.1 Å². The van der Waals surface area contributed by atoms with Crippen LogP contribution in [0.25, 0.3) is 0 Å². The molecule has 1 aliphatic rings. The topological polar surface area (TPSA) is 0 Å². The third-order valence-corrected chi connectivity index (χ3v) is 4.80. The lowest BCUT2D eigenvalue weighted by molar-refractivity contribution is 1.08. The minimum absolute atomic E-state index is 0.629. The van der Waals surface area contributed by atoms with Gasteiger partial charge < -0.3 is 0 Å². The third kappa shape index (κ3) is 2.48. The lowest BCUT2D eigenvalue weighted by atomic mass is 10.0. The van der Waals surface area contributed by atoms with Gasteiger partial charge in [-0.1, -0.05) is 66.3 Å². The monoisotopic (exact) mass is 214 g/mol. The van der Waals surface area contributed by atoms with Gasteiger partial charge in [0.05, 0.1) is 8.80 Å². The van der Waals surface area contributed by atoms with Crippen molar-refractivity contribution >= 4 is 8.80 Å². The molecule has 0 spiro atoms. The fourth-order valence-corrected chi connectivity index (χ4v) is 3.74. The molecule has 0 N–H and O–H groups in total. The van der Waals surface area contributed by atoms with Crippen molar-refractivity contribution in [3.05, 3.63) is 58.8 Å². The van der Waals surface area contributed by atoms with E-state index in [1.165, 1.54) is 12.0 Å². The largest absolute Gasteiger partial charge is 0.0806 e. The number of hydrogen-bond donors (Lipinski definition) is 0. The first-order valence-corrected chi connectivity index (χ1v) is 8.58. The molecule has 0 unspecified atom stereocenters. The average molecular weight is 214 g/mol. The molecule has 1 aromatic carbocycles. The highest BCUT2D eigenvalue weighted by atomic mass is 28.3. The van der Waals surface area contributed by atoms with Crippen LogP contribution in [-0.4, -0.2) is 8.80 Å². The summed E-state index contributed by atoms with van der Waals surface area (Å²) in [5, 5.41) is 1.68. The summed E-state index contributed by atoms with van der Waals surface area (Å²) < 4.78 is 0. The Morgan fingerprint density at radius 1 is 1.13 bits per heavy atom.